The molecular weight excluding hydrogens is 242 g/mol. The van der Waals surface area contributed by atoms with E-state index in [1.54, 1.807) is 6.07 Å². The number of nitrogens with one attached hydrogen (secondary N) is 1. The molecule has 2 rings (SSSR count). The molecule has 0 saturated carbocycles. The fourth-order valence-corrected chi connectivity index (χ4v) is 1.86. The fraction of sp³-hybridized carbons (Fsp3) is 0.167. The third kappa shape index (κ3) is 2.94. The number of aromatic amines is 1. The Morgan fingerprint density at radius 2 is 2.06 bits per heavy atom. The number of H-pyrrole nitrogens is 1. The van der Waals surface area contributed by atoms with Crippen molar-refractivity contribution in [1.82, 2.24) is 9.97 Å². The SMILES string of the molecule is Cc1cc(=S)nc(Cc2ccc(F)cc2F)[nH]1. The first kappa shape index (κ1) is 11.9. The second kappa shape index (κ2) is 4.71. The second-order valence-electron chi connectivity index (χ2n) is 3.76. The predicted molar refractivity (Wildman–Crippen MR) is 63.3 cm³/mol. The molecule has 0 fully saturated rings. The van der Waals surface area contributed by atoms with Crippen molar-refractivity contribution >= 4 is 12.2 Å². The number of nitrogens with zero attached hydrogens (tertiary/aromatic N) is 1. The van der Waals surface area contributed by atoms with Crippen LogP contribution in [0.4, 0.5) is 8.78 Å². The number of benzene rings is 1. The molecule has 17 heavy (non-hydrogen) atoms. The lowest BCUT2D eigenvalue weighted by atomic mass is 10.1. The van der Waals surface area contributed by atoms with Gasteiger partial charge in [-0.1, -0.05) is 18.3 Å². The zero-order valence-corrected chi connectivity index (χ0v) is 9.94. The van der Waals surface area contributed by atoms with E-state index in [4.69, 9.17) is 12.2 Å². The first-order chi connectivity index (χ1) is 8.04. The van der Waals surface area contributed by atoms with Gasteiger partial charge in [0.05, 0.1) is 0 Å². The maximum absolute atomic E-state index is 13.4. The van der Waals surface area contributed by atoms with E-state index in [9.17, 15) is 8.78 Å². The number of hydrogen-bond donors (Lipinski definition) is 1. The first-order valence-corrected chi connectivity index (χ1v) is 5.46. The van der Waals surface area contributed by atoms with Gasteiger partial charge in [0.25, 0.3) is 0 Å². The maximum Gasteiger partial charge on any atom is 0.129 e. The standard InChI is InChI=1S/C12H10F2N2S/c1-7-4-12(17)16-11(15-7)5-8-2-3-9(13)6-10(8)14/h2-4,6H,5H2,1H3,(H,15,16,17). The summed E-state index contributed by atoms with van der Waals surface area (Å²) >= 11 is 4.97. The third-order valence-corrected chi connectivity index (χ3v) is 2.51. The van der Waals surface area contributed by atoms with Crippen LogP contribution in [-0.2, 0) is 6.42 Å². The topological polar surface area (TPSA) is 28.7 Å². The number of rotatable bonds is 2. The Balaban J connectivity index is 2.34. The smallest absolute Gasteiger partial charge is 0.129 e. The molecule has 0 amide bonds. The van der Waals surface area contributed by atoms with Crippen LogP contribution >= 0.6 is 12.2 Å². The summed E-state index contributed by atoms with van der Waals surface area (Å²) < 4.78 is 26.6. The van der Waals surface area contributed by atoms with Crippen LogP contribution in [0.1, 0.15) is 17.1 Å². The van der Waals surface area contributed by atoms with E-state index in [2.05, 4.69) is 9.97 Å². The van der Waals surface area contributed by atoms with Crippen molar-refractivity contribution in [1.29, 1.82) is 0 Å². The lowest BCUT2D eigenvalue weighted by molar-refractivity contribution is 0.573. The van der Waals surface area contributed by atoms with E-state index in [0.29, 0.717) is 16.0 Å². The molecule has 0 saturated heterocycles. The van der Waals surface area contributed by atoms with Crippen molar-refractivity contribution in [2.45, 2.75) is 13.3 Å². The van der Waals surface area contributed by atoms with E-state index in [1.807, 2.05) is 6.92 Å². The van der Waals surface area contributed by atoms with E-state index >= 15 is 0 Å². The molecule has 2 aromatic rings. The number of aryl methyl sites for hydroxylation is 1. The number of halogens is 2. The largest absolute Gasteiger partial charge is 0.347 e. The zero-order valence-electron chi connectivity index (χ0n) is 9.13. The molecule has 0 aliphatic heterocycles. The van der Waals surface area contributed by atoms with Crippen molar-refractivity contribution in [3.05, 3.63) is 57.6 Å². The lowest BCUT2D eigenvalue weighted by Crippen LogP contribution is -2.00. The van der Waals surface area contributed by atoms with Gasteiger partial charge in [0.2, 0.25) is 0 Å². The second-order valence-corrected chi connectivity index (χ2v) is 4.18. The summed E-state index contributed by atoms with van der Waals surface area (Å²) in [6, 6.07) is 5.22. The van der Waals surface area contributed by atoms with Gasteiger partial charge in [-0.2, -0.15) is 0 Å². The maximum atomic E-state index is 13.4. The summed E-state index contributed by atoms with van der Waals surface area (Å²) in [6.07, 6.45) is 0.261. The molecule has 1 aromatic carbocycles. The Bertz CT molecular complexity index is 608. The molecule has 2 nitrogen and oxygen atoms in total. The predicted octanol–water partition coefficient (Wildman–Crippen LogP) is 3.32. The van der Waals surface area contributed by atoms with Gasteiger partial charge in [-0.05, 0) is 24.6 Å². The molecule has 0 atom stereocenters. The molecular formula is C12H10F2N2S. The summed E-state index contributed by atoms with van der Waals surface area (Å²) in [6.45, 7) is 1.85. The van der Waals surface area contributed by atoms with Crippen LogP contribution in [0.25, 0.3) is 0 Å². The molecule has 0 radical (unpaired) electrons. The highest BCUT2D eigenvalue weighted by atomic mass is 32.1. The average Bonchev–Trinajstić information content (AvgIpc) is 2.21. The highest BCUT2D eigenvalue weighted by Gasteiger charge is 2.06. The third-order valence-electron chi connectivity index (χ3n) is 2.30. The van der Waals surface area contributed by atoms with Gasteiger partial charge in [0, 0.05) is 18.2 Å². The quantitative estimate of drug-likeness (QED) is 0.831. The molecule has 0 aliphatic rings. The van der Waals surface area contributed by atoms with Crippen LogP contribution in [0, 0.1) is 23.2 Å². The minimum Gasteiger partial charge on any atom is -0.347 e. The van der Waals surface area contributed by atoms with Crippen LogP contribution < -0.4 is 0 Å². The van der Waals surface area contributed by atoms with Gasteiger partial charge in [0.1, 0.15) is 22.1 Å². The normalized spacial score (nSPS) is 10.5. The summed E-state index contributed by atoms with van der Waals surface area (Å²) in [5, 5.41) is 0. The lowest BCUT2D eigenvalue weighted by Gasteiger charge is -2.04. The fourth-order valence-electron chi connectivity index (χ4n) is 1.57. The van der Waals surface area contributed by atoms with Crippen LogP contribution in [0.2, 0.25) is 0 Å². The van der Waals surface area contributed by atoms with Crippen molar-refractivity contribution in [3.63, 3.8) is 0 Å². The highest BCUT2D eigenvalue weighted by Crippen LogP contribution is 2.12. The zero-order chi connectivity index (χ0) is 12.4. The van der Waals surface area contributed by atoms with Crippen molar-refractivity contribution in [3.8, 4) is 0 Å². The minimum atomic E-state index is -0.587. The number of hydrogen-bond acceptors (Lipinski definition) is 2. The Hall–Kier alpha value is -1.62. The van der Waals surface area contributed by atoms with Crippen LogP contribution in [0.3, 0.4) is 0 Å². The van der Waals surface area contributed by atoms with Crippen LogP contribution in [-0.4, -0.2) is 9.97 Å². The molecule has 0 bridgehead atoms. The molecule has 1 heterocycles. The summed E-state index contributed by atoms with van der Waals surface area (Å²) in [5.41, 5.74) is 1.25. The average molecular weight is 252 g/mol. The molecule has 0 unspecified atom stereocenters. The molecule has 0 spiro atoms. The molecule has 88 valence electrons. The summed E-state index contributed by atoms with van der Waals surface area (Å²) in [7, 11) is 0. The summed E-state index contributed by atoms with van der Waals surface area (Å²) in [4.78, 5) is 7.09. The van der Waals surface area contributed by atoms with Crippen molar-refractivity contribution in [2.24, 2.45) is 0 Å². The Kier molecular flexibility index (Phi) is 3.28. The van der Waals surface area contributed by atoms with Gasteiger partial charge < -0.3 is 4.98 Å². The van der Waals surface area contributed by atoms with Gasteiger partial charge in [-0.3, -0.25) is 0 Å². The Labute approximate surface area is 102 Å². The monoisotopic (exact) mass is 252 g/mol. The van der Waals surface area contributed by atoms with Crippen LogP contribution in [0.15, 0.2) is 24.3 Å². The van der Waals surface area contributed by atoms with E-state index in [1.165, 1.54) is 12.1 Å². The first-order valence-electron chi connectivity index (χ1n) is 5.05. The highest BCUT2D eigenvalue weighted by molar-refractivity contribution is 7.71. The van der Waals surface area contributed by atoms with Crippen molar-refractivity contribution in [2.75, 3.05) is 0 Å². The van der Waals surface area contributed by atoms with Crippen LogP contribution in [0.5, 0.6) is 0 Å². The Morgan fingerprint density at radius 1 is 1.29 bits per heavy atom. The van der Waals surface area contributed by atoms with E-state index < -0.39 is 11.6 Å². The van der Waals surface area contributed by atoms with Crippen molar-refractivity contribution < 1.29 is 8.78 Å². The Morgan fingerprint density at radius 3 is 2.71 bits per heavy atom. The van der Waals surface area contributed by atoms with Gasteiger partial charge in [0.15, 0.2) is 0 Å². The molecule has 0 aliphatic carbocycles. The van der Waals surface area contributed by atoms with E-state index in [0.717, 1.165) is 11.8 Å². The van der Waals surface area contributed by atoms with Gasteiger partial charge in [-0.15, -0.1) is 0 Å². The molecule has 1 aromatic heterocycles. The molecule has 5 heteroatoms. The van der Waals surface area contributed by atoms with E-state index in [-0.39, 0.29) is 6.42 Å². The van der Waals surface area contributed by atoms with Gasteiger partial charge >= 0.3 is 0 Å². The number of aromatic nitrogens is 2. The summed E-state index contributed by atoms with van der Waals surface area (Å²) in [5.74, 6) is -0.593. The van der Waals surface area contributed by atoms with Gasteiger partial charge in [-0.25, -0.2) is 13.8 Å². The molecule has 1 N–H and O–H groups in total. The minimum absolute atomic E-state index is 0.261.